The van der Waals surface area contributed by atoms with Crippen LogP contribution in [0.15, 0.2) is 30.3 Å². The lowest BCUT2D eigenvalue weighted by molar-refractivity contribution is -0.118. The van der Waals surface area contributed by atoms with Crippen LogP contribution in [0.4, 0.5) is 5.69 Å². The lowest BCUT2D eigenvalue weighted by atomic mass is 10.2. The van der Waals surface area contributed by atoms with Crippen molar-refractivity contribution in [3.63, 3.8) is 0 Å². The Hall–Kier alpha value is -1.39. The molecule has 0 fully saturated rings. The first-order chi connectivity index (χ1) is 9.13. The summed E-state index contributed by atoms with van der Waals surface area (Å²) < 4.78 is 5.44. The van der Waals surface area contributed by atoms with E-state index in [1.807, 2.05) is 51.1 Å². The van der Waals surface area contributed by atoms with Crippen molar-refractivity contribution in [2.45, 2.75) is 39.3 Å². The molecule has 0 aromatic heterocycles. The Morgan fingerprint density at radius 3 is 2.53 bits per heavy atom. The van der Waals surface area contributed by atoms with Crippen LogP contribution in [0.1, 0.15) is 27.2 Å². The van der Waals surface area contributed by atoms with Crippen LogP contribution in [-0.4, -0.2) is 31.2 Å². The van der Waals surface area contributed by atoms with Crippen LogP contribution in [0.2, 0.25) is 0 Å². The second kappa shape index (κ2) is 8.67. The average Bonchev–Trinajstić information content (AvgIpc) is 2.39. The zero-order chi connectivity index (χ0) is 14.1. The minimum atomic E-state index is -0.184. The van der Waals surface area contributed by atoms with Crippen molar-refractivity contribution in [3.8, 4) is 0 Å². The largest absolute Gasteiger partial charge is 0.377 e. The first kappa shape index (κ1) is 15.7. The quantitative estimate of drug-likeness (QED) is 0.709. The highest BCUT2D eigenvalue weighted by molar-refractivity contribution is 5.94. The van der Waals surface area contributed by atoms with Gasteiger partial charge in [-0.3, -0.25) is 4.79 Å². The van der Waals surface area contributed by atoms with Crippen LogP contribution in [-0.2, 0) is 9.53 Å². The SMILES string of the molecule is CCC(NCCOC(C)C)C(=O)Nc1ccccc1. The second-order valence-corrected chi connectivity index (χ2v) is 4.69. The maximum absolute atomic E-state index is 12.1. The van der Waals surface area contributed by atoms with Crippen LogP contribution in [0.25, 0.3) is 0 Å². The van der Waals surface area contributed by atoms with E-state index in [0.717, 1.165) is 12.1 Å². The number of carbonyl (C=O) groups is 1. The maximum Gasteiger partial charge on any atom is 0.241 e. The molecule has 0 saturated carbocycles. The monoisotopic (exact) mass is 264 g/mol. The number of anilines is 1. The summed E-state index contributed by atoms with van der Waals surface area (Å²) in [4.78, 5) is 12.1. The fourth-order valence-corrected chi connectivity index (χ4v) is 1.70. The molecule has 1 aromatic rings. The number of benzene rings is 1. The summed E-state index contributed by atoms with van der Waals surface area (Å²) in [5.41, 5.74) is 0.825. The Morgan fingerprint density at radius 2 is 1.95 bits per heavy atom. The van der Waals surface area contributed by atoms with Crippen LogP contribution in [0.5, 0.6) is 0 Å². The zero-order valence-corrected chi connectivity index (χ0v) is 12.0. The molecular weight excluding hydrogens is 240 g/mol. The van der Waals surface area contributed by atoms with Crippen molar-refractivity contribution in [1.29, 1.82) is 0 Å². The molecule has 4 heteroatoms. The standard InChI is InChI=1S/C15H24N2O2/c1-4-14(16-10-11-19-12(2)3)15(18)17-13-8-6-5-7-9-13/h5-9,12,14,16H,4,10-11H2,1-3H3,(H,17,18). The van der Waals surface area contributed by atoms with E-state index in [9.17, 15) is 4.79 Å². The minimum Gasteiger partial charge on any atom is -0.377 e. The number of rotatable bonds is 8. The molecule has 0 saturated heterocycles. The van der Waals surface area contributed by atoms with Gasteiger partial charge < -0.3 is 15.4 Å². The van der Waals surface area contributed by atoms with Gasteiger partial charge in [0.15, 0.2) is 0 Å². The third-order valence-corrected chi connectivity index (χ3v) is 2.71. The number of nitrogens with one attached hydrogen (secondary N) is 2. The highest BCUT2D eigenvalue weighted by Gasteiger charge is 2.15. The van der Waals surface area contributed by atoms with Gasteiger partial charge in [0, 0.05) is 12.2 Å². The van der Waals surface area contributed by atoms with E-state index >= 15 is 0 Å². The maximum atomic E-state index is 12.1. The summed E-state index contributed by atoms with van der Waals surface area (Å²) in [6, 6.07) is 9.31. The van der Waals surface area contributed by atoms with Crippen molar-refractivity contribution < 1.29 is 9.53 Å². The highest BCUT2D eigenvalue weighted by Crippen LogP contribution is 2.06. The lowest BCUT2D eigenvalue weighted by Crippen LogP contribution is -2.41. The molecule has 1 atom stereocenters. The molecule has 1 unspecified atom stereocenters. The van der Waals surface area contributed by atoms with E-state index in [2.05, 4.69) is 10.6 Å². The van der Waals surface area contributed by atoms with Gasteiger partial charge in [-0.25, -0.2) is 0 Å². The van der Waals surface area contributed by atoms with Gasteiger partial charge in [0.05, 0.1) is 18.8 Å². The molecule has 0 aliphatic carbocycles. The predicted molar refractivity (Wildman–Crippen MR) is 78.2 cm³/mol. The molecule has 19 heavy (non-hydrogen) atoms. The Labute approximate surface area is 115 Å². The summed E-state index contributed by atoms with van der Waals surface area (Å²) >= 11 is 0. The summed E-state index contributed by atoms with van der Waals surface area (Å²) in [5, 5.41) is 6.11. The molecule has 1 rings (SSSR count). The second-order valence-electron chi connectivity index (χ2n) is 4.69. The molecule has 4 nitrogen and oxygen atoms in total. The van der Waals surface area contributed by atoms with E-state index in [-0.39, 0.29) is 18.1 Å². The smallest absolute Gasteiger partial charge is 0.241 e. The summed E-state index contributed by atoms with van der Waals surface area (Å²) in [5.74, 6) is -0.00162. The van der Waals surface area contributed by atoms with E-state index in [1.165, 1.54) is 0 Å². The molecule has 1 amide bonds. The van der Waals surface area contributed by atoms with Crippen molar-refractivity contribution in [2.75, 3.05) is 18.5 Å². The van der Waals surface area contributed by atoms with Gasteiger partial charge in [0.2, 0.25) is 5.91 Å². The van der Waals surface area contributed by atoms with Crippen LogP contribution >= 0.6 is 0 Å². The first-order valence-corrected chi connectivity index (χ1v) is 6.84. The minimum absolute atomic E-state index is 0.00162. The Bertz CT molecular complexity index is 366. The van der Waals surface area contributed by atoms with Gasteiger partial charge >= 0.3 is 0 Å². The summed E-state index contributed by atoms with van der Waals surface area (Å²) in [7, 11) is 0. The van der Waals surface area contributed by atoms with Gasteiger partial charge in [-0.05, 0) is 32.4 Å². The molecule has 0 spiro atoms. The summed E-state index contributed by atoms with van der Waals surface area (Å²) in [6.45, 7) is 7.29. The van der Waals surface area contributed by atoms with Gasteiger partial charge in [-0.2, -0.15) is 0 Å². The van der Waals surface area contributed by atoms with Crippen molar-refractivity contribution in [1.82, 2.24) is 5.32 Å². The van der Waals surface area contributed by atoms with Crippen molar-refractivity contribution in [3.05, 3.63) is 30.3 Å². The Morgan fingerprint density at radius 1 is 1.26 bits per heavy atom. The van der Waals surface area contributed by atoms with E-state index < -0.39 is 0 Å². The van der Waals surface area contributed by atoms with Crippen molar-refractivity contribution >= 4 is 11.6 Å². The molecule has 0 radical (unpaired) electrons. The van der Waals surface area contributed by atoms with E-state index in [0.29, 0.717) is 13.2 Å². The number of ether oxygens (including phenoxy) is 1. The molecular formula is C15H24N2O2. The molecule has 1 aromatic carbocycles. The fraction of sp³-hybridized carbons (Fsp3) is 0.533. The lowest BCUT2D eigenvalue weighted by Gasteiger charge is -2.17. The molecule has 2 N–H and O–H groups in total. The van der Waals surface area contributed by atoms with Gasteiger partial charge in [0.25, 0.3) is 0 Å². The number of para-hydroxylation sites is 1. The zero-order valence-electron chi connectivity index (χ0n) is 12.0. The predicted octanol–water partition coefficient (Wildman–Crippen LogP) is 2.42. The highest BCUT2D eigenvalue weighted by atomic mass is 16.5. The normalized spacial score (nSPS) is 12.4. The fourth-order valence-electron chi connectivity index (χ4n) is 1.70. The number of amides is 1. The van der Waals surface area contributed by atoms with Gasteiger partial charge in [0.1, 0.15) is 0 Å². The molecule has 0 aliphatic rings. The molecule has 0 bridgehead atoms. The Kier molecular flexibility index (Phi) is 7.15. The van der Waals surface area contributed by atoms with Gasteiger partial charge in [-0.15, -0.1) is 0 Å². The number of carbonyl (C=O) groups excluding carboxylic acids is 1. The van der Waals surface area contributed by atoms with Gasteiger partial charge in [-0.1, -0.05) is 25.1 Å². The van der Waals surface area contributed by atoms with E-state index in [1.54, 1.807) is 0 Å². The first-order valence-electron chi connectivity index (χ1n) is 6.84. The van der Waals surface area contributed by atoms with Crippen LogP contribution in [0.3, 0.4) is 0 Å². The molecule has 106 valence electrons. The van der Waals surface area contributed by atoms with Crippen molar-refractivity contribution in [2.24, 2.45) is 0 Å². The van der Waals surface area contributed by atoms with Crippen LogP contribution < -0.4 is 10.6 Å². The number of hydrogen-bond acceptors (Lipinski definition) is 3. The molecule has 0 heterocycles. The molecule has 0 aliphatic heterocycles. The van der Waals surface area contributed by atoms with Crippen LogP contribution in [0, 0.1) is 0 Å². The third kappa shape index (κ3) is 6.36. The average molecular weight is 264 g/mol. The topological polar surface area (TPSA) is 50.4 Å². The summed E-state index contributed by atoms with van der Waals surface area (Å²) in [6.07, 6.45) is 0.973. The number of hydrogen-bond donors (Lipinski definition) is 2. The third-order valence-electron chi connectivity index (χ3n) is 2.71. The van der Waals surface area contributed by atoms with E-state index in [4.69, 9.17) is 4.74 Å². The Balaban J connectivity index is 2.35.